The van der Waals surface area contributed by atoms with Gasteiger partial charge in [-0.1, -0.05) is 41.4 Å². The summed E-state index contributed by atoms with van der Waals surface area (Å²) in [5.74, 6) is 1.82. The summed E-state index contributed by atoms with van der Waals surface area (Å²) >= 11 is 12.4. The number of halogens is 2. The lowest BCUT2D eigenvalue weighted by Crippen LogP contribution is -2.06. The van der Waals surface area contributed by atoms with Gasteiger partial charge in [0.05, 0.1) is 12.8 Å². The van der Waals surface area contributed by atoms with Crippen LogP contribution in [0.1, 0.15) is 16.8 Å². The van der Waals surface area contributed by atoms with Gasteiger partial charge in [-0.05, 0) is 36.2 Å². The summed E-state index contributed by atoms with van der Waals surface area (Å²) in [7, 11) is 1.67. The molecule has 1 N–H and O–H groups in total. The van der Waals surface area contributed by atoms with Crippen LogP contribution in [0, 0.1) is 0 Å². The Hall–Kier alpha value is -2.17. The zero-order chi connectivity index (χ0) is 17.4. The molecule has 0 spiro atoms. The minimum atomic E-state index is 0.639. The molecule has 0 unspecified atom stereocenters. The van der Waals surface area contributed by atoms with Crippen LogP contribution in [0.2, 0.25) is 10.0 Å². The fraction of sp³-hybridized carbons (Fsp3) is 0.211. The largest absolute Gasteiger partial charge is 0.494 e. The van der Waals surface area contributed by atoms with E-state index in [2.05, 4.69) is 5.32 Å². The van der Waals surface area contributed by atoms with Crippen LogP contribution in [-0.4, -0.2) is 23.4 Å². The zero-order valence-electron chi connectivity index (χ0n) is 13.7. The first-order valence-corrected chi connectivity index (χ1v) is 8.85. The number of ether oxygens (including phenoxy) is 1. The van der Waals surface area contributed by atoms with Crippen LogP contribution in [0.4, 0.5) is 5.82 Å². The van der Waals surface area contributed by atoms with Crippen molar-refractivity contribution in [1.82, 2.24) is 9.78 Å². The highest BCUT2D eigenvalue weighted by atomic mass is 35.5. The molecule has 6 heteroatoms. The van der Waals surface area contributed by atoms with Crippen LogP contribution in [0.3, 0.4) is 0 Å². The number of para-hydroxylation sites is 2. The molecule has 0 amide bonds. The van der Waals surface area contributed by atoms with Crippen molar-refractivity contribution in [3.63, 3.8) is 0 Å². The molecule has 0 atom stereocenters. The van der Waals surface area contributed by atoms with E-state index in [9.17, 15) is 0 Å². The average molecular weight is 374 g/mol. The second-order valence-corrected chi connectivity index (χ2v) is 6.79. The molecule has 3 aromatic rings. The molecular formula is C19H17Cl2N3O. The number of benzene rings is 2. The SMILES string of the molecule is COc1ccccc1-n1nc(Cc2ccc(Cl)cc2Cl)c2c1NCC2. The van der Waals surface area contributed by atoms with E-state index in [0.29, 0.717) is 16.5 Å². The molecule has 4 nitrogen and oxygen atoms in total. The Morgan fingerprint density at radius 3 is 2.84 bits per heavy atom. The Bertz CT molecular complexity index is 936. The van der Waals surface area contributed by atoms with Crippen LogP contribution in [-0.2, 0) is 12.8 Å². The first kappa shape index (κ1) is 16.3. The summed E-state index contributed by atoms with van der Waals surface area (Å²) in [6, 6.07) is 13.5. The minimum absolute atomic E-state index is 0.639. The Labute approximate surface area is 156 Å². The number of hydrogen-bond donors (Lipinski definition) is 1. The molecule has 1 aliphatic rings. The van der Waals surface area contributed by atoms with Gasteiger partial charge in [-0.25, -0.2) is 4.68 Å². The monoisotopic (exact) mass is 373 g/mol. The summed E-state index contributed by atoms with van der Waals surface area (Å²) in [6.45, 7) is 0.906. The molecule has 0 radical (unpaired) electrons. The van der Waals surface area contributed by atoms with Crippen molar-refractivity contribution >= 4 is 29.0 Å². The molecular weight excluding hydrogens is 357 g/mol. The Morgan fingerprint density at radius 1 is 1.20 bits per heavy atom. The predicted octanol–water partition coefficient (Wildman–Crippen LogP) is 4.75. The zero-order valence-corrected chi connectivity index (χ0v) is 15.2. The quantitative estimate of drug-likeness (QED) is 0.717. The highest BCUT2D eigenvalue weighted by molar-refractivity contribution is 6.35. The Morgan fingerprint density at radius 2 is 2.04 bits per heavy atom. The number of anilines is 1. The maximum absolute atomic E-state index is 6.35. The summed E-state index contributed by atoms with van der Waals surface area (Å²) < 4.78 is 7.43. The summed E-state index contributed by atoms with van der Waals surface area (Å²) in [4.78, 5) is 0. The van der Waals surface area contributed by atoms with E-state index in [1.54, 1.807) is 13.2 Å². The predicted molar refractivity (Wildman–Crippen MR) is 102 cm³/mol. The van der Waals surface area contributed by atoms with Crippen molar-refractivity contribution < 1.29 is 4.74 Å². The van der Waals surface area contributed by atoms with Gasteiger partial charge in [0.1, 0.15) is 17.3 Å². The van der Waals surface area contributed by atoms with Crippen molar-refractivity contribution in [2.45, 2.75) is 12.8 Å². The van der Waals surface area contributed by atoms with Gasteiger partial charge in [0.2, 0.25) is 0 Å². The topological polar surface area (TPSA) is 39.1 Å². The molecule has 0 aliphatic carbocycles. The number of hydrogen-bond acceptors (Lipinski definition) is 3. The van der Waals surface area contributed by atoms with E-state index in [0.717, 1.165) is 41.5 Å². The van der Waals surface area contributed by atoms with Crippen LogP contribution in [0.5, 0.6) is 5.75 Å². The minimum Gasteiger partial charge on any atom is -0.494 e. The van der Waals surface area contributed by atoms with Gasteiger partial charge >= 0.3 is 0 Å². The van der Waals surface area contributed by atoms with Crippen LogP contribution in [0.15, 0.2) is 42.5 Å². The molecule has 4 rings (SSSR count). The molecule has 0 fully saturated rings. The molecule has 2 aromatic carbocycles. The molecule has 0 saturated carbocycles. The maximum Gasteiger partial charge on any atom is 0.144 e. The van der Waals surface area contributed by atoms with E-state index in [1.165, 1.54) is 5.56 Å². The molecule has 25 heavy (non-hydrogen) atoms. The summed E-state index contributed by atoms with van der Waals surface area (Å²) in [5.41, 5.74) is 4.20. The standard InChI is InChI=1S/C19H17Cl2N3O/c1-25-18-5-3-2-4-17(18)24-19-14(8-9-22-19)16(23-24)10-12-6-7-13(20)11-15(12)21/h2-7,11,22H,8-10H2,1H3. The molecule has 2 heterocycles. The second kappa shape index (κ2) is 6.62. The molecule has 128 valence electrons. The van der Waals surface area contributed by atoms with Gasteiger partial charge in [-0.3, -0.25) is 0 Å². The molecule has 0 saturated heterocycles. The fourth-order valence-electron chi connectivity index (χ4n) is 3.21. The van der Waals surface area contributed by atoms with Crippen LogP contribution < -0.4 is 10.1 Å². The van der Waals surface area contributed by atoms with Gasteiger partial charge in [0.25, 0.3) is 0 Å². The Balaban J connectivity index is 1.78. The first-order valence-electron chi connectivity index (χ1n) is 8.09. The summed E-state index contributed by atoms with van der Waals surface area (Å²) in [5, 5.41) is 9.60. The highest BCUT2D eigenvalue weighted by Crippen LogP contribution is 2.34. The second-order valence-electron chi connectivity index (χ2n) is 5.95. The highest BCUT2D eigenvalue weighted by Gasteiger charge is 2.24. The normalized spacial score (nSPS) is 12.8. The van der Waals surface area contributed by atoms with Crippen molar-refractivity contribution in [3.8, 4) is 11.4 Å². The lowest BCUT2D eigenvalue weighted by atomic mass is 10.1. The van der Waals surface area contributed by atoms with E-state index in [1.807, 2.05) is 41.1 Å². The average Bonchev–Trinajstić information content (AvgIpc) is 3.21. The lowest BCUT2D eigenvalue weighted by molar-refractivity contribution is 0.412. The summed E-state index contributed by atoms with van der Waals surface area (Å²) in [6.07, 6.45) is 1.62. The first-order chi connectivity index (χ1) is 12.2. The third-order valence-electron chi connectivity index (χ3n) is 4.42. The third kappa shape index (κ3) is 2.96. The van der Waals surface area contributed by atoms with Crippen molar-refractivity contribution in [2.75, 3.05) is 19.0 Å². The van der Waals surface area contributed by atoms with Gasteiger partial charge in [-0.15, -0.1) is 0 Å². The number of methoxy groups -OCH3 is 1. The molecule has 1 aromatic heterocycles. The van der Waals surface area contributed by atoms with E-state index in [-0.39, 0.29) is 0 Å². The lowest BCUT2D eigenvalue weighted by Gasteiger charge is -2.10. The molecule has 1 aliphatic heterocycles. The smallest absolute Gasteiger partial charge is 0.144 e. The number of aromatic nitrogens is 2. The molecule has 0 bridgehead atoms. The maximum atomic E-state index is 6.35. The number of fused-ring (bicyclic) bond motifs is 1. The number of rotatable bonds is 4. The fourth-order valence-corrected chi connectivity index (χ4v) is 3.69. The van der Waals surface area contributed by atoms with Gasteiger partial charge < -0.3 is 10.1 Å². The third-order valence-corrected chi connectivity index (χ3v) is 5.01. The van der Waals surface area contributed by atoms with E-state index in [4.69, 9.17) is 33.0 Å². The van der Waals surface area contributed by atoms with Crippen LogP contribution >= 0.6 is 23.2 Å². The van der Waals surface area contributed by atoms with E-state index < -0.39 is 0 Å². The van der Waals surface area contributed by atoms with Gasteiger partial charge in [-0.2, -0.15) is 5.10 Å². The van der Waals surface area contributed by atoms with Crippen LogP contribution in [0.25, 0.3) is 5.69 Å². The van der Waals surface area contributed by atoms with Gasteiger partial charge in [0, 0.05) is 28.6 Å². The van der Waals surface area contributed by atoms with Crippen molar-refractivity contribution in [2.24, 2.45) is 0 Å². The number of nitrogens with one attached hydrogen (secondary N) is 1. The Kier molecular flexibility index (Phi) is 4.32. The number of nitrogens with zero attached hydrogens (tertiary/aromatic N) is 2. The van der Waals surface area contributed by atoms with Crippen molar-refractivity contribution in [3.05, 3.63) is 69.3 Å². The van der Waals surface area contributed by atoms with E-state index >= 15 is 0 Å². The van der Waals surface area contributed by atoms with Gasteiger partial charge in [0.15, 0.2) is 0 Å². The van der Waals surface area contributed by atoms with Crippen molar-refractivity contribution in [1.29, 1.82) is 0 Å².